The van der Waals surface area contributed by atoms with E-state index in [4.69, 9.17) is 9.41 Å². The van der Waals surface area contributed by atoms with Crippen molar-refractivity contribution in [2.45, 2.75) is 32.4 Å². The third-order valence-electron chi connectivity index (χ3n) is 4.80. The first-order valence-electron chi connectivity index (χ1n) is 9.43. The monoisotopic (exact) mass is 482 g/mol. The second-order valence-electron chi connectivity index (χ2n) is 7.11. The Balaban J connectivity index is 0.00000261. The minimum absolute atomic E-state index is 0. The van der Waals surface area contributed by atoms with Gasteiger partial charge in [0.2, 0.25) is 0 Å². The molecule has 6 heteroatoms. The van der Waals surface area contributed by atoms with Gasteiger partial charge in [-0.15, -0.1) is 24.0 Å². The maximum absolute atomic E-state index is 5.94. The Hall–Kier alpha value is -1.54. The summed E-state index contributed by atoms with van der Waals surface area (Å²) in [5.41, 5.74) is 1.21. The van der Waals surface area contributed by atoms with Crippen molar-refractivity contribution in [2.75, 3.05) is 33.7 Å². The molecule has 2 aromatic rings. The molecule has 5 nitrogen and oxygen atoms in total. The van der Waals surface area contributed by atoms with E-state index in [1.165, 1.54) is 18.4 Å². The molecule has 0 aliphatic carbocycles. The number of halogens is 1. The Bertz CT molecular complexity index is 708. The Kier molecular flexibility index (Phi) is 8.63. The zero-order valence-corrected chi connectivity index (χ0v) is 18.8. The molecule has 1 saturated heterocycles. The minimum Gasteiger partial charge on any atom is -0.465 e. The van der Waals surface area contributed by atoms with Crippen LogP contribution in [0, 0.1) is 6.92 Å². The van der Waals surface area contributed by atoms with Crippen LogP contribution in [0.25, 0.3) is 0 Å². The lowest BCUT2D eigenvalue weighted by atomic mass is 10.2. The first kappa shape index (κ1) is 21.8. The van der Waals surface area contributed by atoms with Crippen molar-refractivity contribution in [3.8, 4) is 0 Å². The van der Waals surface area contributed by atoms with Gasteiger partial charge in [-0.2, -0.15) is 0 Å². The molecule has 3 rings (SSSR count). The normalized spacial score (nSPS) is 16.0. The van der Waals surface area contributed by atoms with Crippen molar-refractivity contribution in [3.63, 3.8) is 0 Å². The summed E-state index contributed by atoms with van der Waals surface area (Å²) in [6.45, 7) is 5.73. The summed E-state index contributed by atoms with van der Waals surface area (Å²) in [6.07, 6.45) is 2.53. The predicted molar refractivity (Wildman–Crippen MR) is 122 cm³/mol. The molecule has 0 saturated carbocycles. The number of furan rings is 1. The Labute approximate surface area is 179 Å². The van der Waals surface area contributed by atoms with Gasteiger partial charge in [-0.1, -0.05) is 30.3 Å². The quantitative estimate of drug-likeness (QED) is 0.384. The number of rotatable bonds is 6. The third-order valence-corrected chi connectivity index (χ3v) is 4.80. The third kappa shape index (κ3) is 6.24. The number of nitrogens with zero attached hydrogens (tertiary/aromatic N) is 3. The maximum Gasteiger partial charge on any atom is 0.193 e. The molecule has 1 N–H and O–H groups in total. The van der Waals surface area contributed by atoms with Crippen molar-refractivity contribution in [3.05, 3.63) is 59.5 Å². The number of benzene rings is 1. The molecule has 0 amide bonds. The molecule has 1 fully saturated rings. The number of aryl methyl sites for hydroxylation is 1. The number of nitrogens with one attached hydrogen (secondary N) is 1. The zero-order valence-electron chi connectivity index (χ0n) is 16.5. The lowest BCUT2D eigenvalue weighted by molar-refractivity contribution is 0.213. The van der Waals surface area contributed by atoms with Crippen LogP contribution < -0.4 is 5.32 Å². The summed E-state index contributed by atoms with van der Waals surface area (Å²) >= 11 is 0. The van der Waals surface area contributed by atoms with Crippen molar-refractivity contribution in [1.82, 2.24) is 15.1 Å². The number of guanidine groups is 1. The average molecular weight is 482 g/mol. The van der Waals surface area contributed by atoms with Crippen LogP contribution in [0.2, 0.25) is 0 Å². The van der Waals surface area contributed by atoms with Gasteiger partial charge in [0, 0.05) is 20.6 Å². The largest absolute Gasteiger partial charge is 0.465 e. The second-order valence-corrected chi connectivity index (χ2v) is 7.11. The van der Waals surface area contributed by atoms with Gasteiger partial charge < -0.3 is 14.6 Å². The molecule has 0 bridgehead atoms. The fourth-order valence-corrected chi connectivity index (χ4v) is 3.39. The van der Waals surface area contributed by atoms with Crippen molar-refractivity contribution in [2.24, 2.45) is 4.99 Å². The molecule has 1 aromatic carbocycles. The van der Waals surface area contributed by atoms with E-state index in [1.54, 1.807) is 0 Å². The summed E-state index contributed by atoms with van der Waals surface area (Å²) in [6, 6.07) is 14.8. The Morgan fingerprint density at radius 3 is 2.44 bits per heavy atom. The highest BCUT2D eigenvalue weighted by Crippen LogP contribution is 2.26. The first-order chi connectivity index (χ1) is 12.6. The van der Waals surface area contributed by atoms with Crippen molar-refractivity contribution in [1.29, 1.82) is 0 Å². The zero-order chi connectivity index (χ0) is 18.4. The Morgan fingerprint density at radius 2 is 1.85 bits per heavy atom. The van der Waals surface area contributed by atoms with E-state index in [0.29, 0.717) is 6.54 Å². The number of hydrogen-bond donors (Lipinski definition) is 1. The van der Waals surface area contributed by atoms with Gasteiger partial charge in [-0.25, -0.2) is 4.99 Å². The lowest BCUT2D eigenvalue weighted by Crippen LogP contribution is -2.42. The molecule has 0 spiro atoms. The second kappa shape index (κ2) is 10.7. The molecule has 0 radical (unpaired) electrons. The SMILES string of the molecule is Cc1ccc(C(CNC(=NCc2ccccc2)N(C)C)N2CCCC2)o1.I. The van der Waals surface area contributed by atoms with Crippen molar-refractivity contribution >= 4 is 29.9 Å². The fourth-order valence-electron chi connectivity index (χ4n) is 3.39. The van der Waals surface area contributed by atoms with E-state index >= 15 is 0 Å². The van der Waals surface area contributed by atoms with E-state index in [9.17, 15) is 0 Å². The highest BCUT2D eigenvalue weighted by Gasteiger charge is 2.26. The molecule has 1 atom stereocenters. The van der Waals surface area contributed by atoms with E-state index in [2.05, 4.69) is 46.6 Å². The number of likely N-dealkylation sites (tertiary alicyclic amines) is 1. The number of aliphatic imine (C=N–C) groups is 1. The molecule has 2 heterocycles. The van der Waals surface area contributed by atoms with E-state index in [1.807, 2.05) is 32.0 Å². The maximum atomic E-state index is 5.94. The summed E-state index contributed by atoms with van der Waals surface area (Å²) in [4.78, 5) is 9.32. The molecule has 148 valence electrons. The van der Waals surface area contributed by atoms with Crippen LogP contribution in [-0.4, -0.2) is 49.5 Å². The summed E-state index contributed by atoms with van der Waals surface area (Å²) in [5.74, 6) is 2.91. The van der Waals surface area contributed by atoms with Crippen LogP contribution in [0.1, 0.15) is 36.0 Å². The molecule has 1 aromatic heterocycles. The van der Waals surface area contributed by atoms with Gasteiger partial charge in [-0.05, 0) is 50.6 Å². The van der Waals surface area contributed by atoms with Crippen LogP contribution in [0.3, 0.4) is 0 Å². The summed E-state index contributed by atoms with van der Waals surface area (Å²) in [7, 11) is 4.05. The van der Waals surface area contributed by atoms with Gasteiger partial charge in [0.25, 0.3) is 0 Å². The van der Waals surface area contributed by atoms with Gasteiger partial charge in [0.1, 0.15) is 11.5 Å². The molecular formula is C21H31IN4O. The average Bonchev–Trinajstić information content (AvgIpc) is 3.31. The lowest BCUT2D eigenvalue weighted by Gasteiger charge is -2.28. The van der Waals surface area contributed by atoms with Gasteiger partial charge in [0.15, 0.2) is 5.96 Å². The molecule has 1 aliphatic rings. The topological polar surface area (TPSA) is 44.0 Å². The standard InChI is InChI=1S/C21H30N4O.HI/c1-17-11-12-20(26-17)19(25-13-7-8-14-25)16-23-21(24(2)3)22-15-18-9-5-4-6-10-18;/h4-6,9-12,19H,7-8,13-16H2,1-3H3,(H,22,23);1H. The predicted octanol–water partition coefficient (Wildman–Crippen LogP) is 4.05. The van der Waals surface area contributed by atoms with E-state index in [0.717, 1.165) is 37.1 Å². The highest BCUT2D eigenvalue weighted by molar-refractivity contribution is 14.0. The van der Waals surface area contributed by atoms with Crippen LogP contribution in [-0.2, 0) is 6.54 Å². The van der Waals surface area contributed by atoms with E-state index in [-0.39, 0.29) is 30.0 Å². The van der Waals surface area contributed by atoms with Crippen LogP contribution in [0.15, 0.2) is 51.9 Å². The van der Waals surface area contributed by atoms with Crippen LogP contribution in [0.5, 0.6) is 0 Å². The highest BCUT2D eigenvalue weighted by atomic mass is 127. The fraction of sp³-hybridized carbons (Fsp3) is 0.476. The molecule has 1 aliphatic heterocycles. The smallest absolute Gasteiger partial charge is 0.193 e. The number of hydrogen-bond acceptors (Lipinski definition) is 3. The van der Waals surface area contributed by atoms with Gasteiger partial charge in [0.05, 0.1) is 12.6 Å². The molecule has 1 unspecified atom stereocenters. The van der Waals surface area contributed by atoms with Gasteiger partial charge >= 0.3 is 0 Å². The Morgan fingerprint density at radius 1 is 1.15 bits per heavy atom. The molecular weight excluding hydrogens is 451 g/mol. The summed E-state index contributed by atoms with van der Waals surface area (Å²) < 4.78 is 5.94. The van der Waals surface area contributed by atoms with Crippen LogP contribution >= 0.6 is 24.0 Å². The van der Waals surface area contributed by atoms with Gasteiger partial charge in [-0.3, -0.25) is 4.90 Å². The first-order valence-corrected chi connectivity index (χ1v) is 9.43. The summed E-state index contributed by atoms with van der Waals surface area (Å²) in [5, 5.41) is 3.55. The minimum atomic E-state index is 0. The van der Waals surface area contributed by atoms with E-state index < -0.39 is 0 Å². The van der Waals surface area contributed by atoms with Crippen molar-refractivity contribution < 1.29 is 4.42 Å². The molecule has 27 heavy (non-hydrogen) atoms. The van der Waals surface area contributed by atoms with Crippen LogP contribution in [0.4, 0.5) is 0 Å².